The zero-order valence-corrected chi connectivity index (χ0v) is 26.4. The molecule has 5 aromatic rings. The number of thiophene rings is 1. The summed E-state index contributed by atoms with van der Waals surface area (Å²) in [7, 11) is 0. The maximum atomic E-state index is 13.6. The van der Waals surface area contributed by atoms with Crippen LogP contribution in [0.5, 0.6) is 0 Å². The number of anilines is 3. The number of thioether (sulfide) groups is 1. The molecular weight excluding hydrogens is 617 g/mol. The van der Waals surface area contributed by atoms with E-state index in [1.54, 1.807) is 72.8 Å². The lowest BCUT2D eigenvalue weighted by molar-refractivity contribution is -0.116. The van der Waals surface area contributed by atoms with Crippen molar-refractivity contribution in [3.05, 3.63) is 148 Å². The molecule has 4 amide bonds. The van der Waals surface area contributed by atoms with E-state index in [1.807, 2.05) is 59.3 Å². The van der Waals surface area contributed by atoms with Crippen LogP contribution in [0.1, 0.15) is 33.7 Å². The highest BCUT2D eigenvalue weighted by Crippen LogP contribution is 2.37. The van der Waals surface area contributed by atoms with Gasteiger partial charge in [-0.1, -0.05) is 54.6 Å². The van der Waals surface area contributed by atoms with E-state index in [-0.39, 0.29) is 17.5 Å². The molecule has 5 rings (SSSR count). The van der Waals surface area contributed by atoms with Gasteiger partial charge in [-0.05, 0) is 88.6 Å². The van der Waals surface area contributed by atoms with E-state index in [4.69, 9.17) is 0 Å². The van der Waals surface area contributed by atoms with Crippen molar-refractivity contribution in [2.45, 2.75) is 17.1 Å². The number of nitrogens with one attached hydrogen (secondary N) is 4. The molecule has 0 aliphatic rings. The molecule has 0 radical (unpaired) electrons. The molecule has 4 aromatic carbocycles. The van der Waals surface area contributed by atoms with Crippen LogP contribution < -0.4 is 21.3 Å². The van der Waals surface area contributed by atoms with Gasteiger partial charge >= 0.3 is 0 Å². The van der Waals surface area contributed by atoms with E-state index in [0.29, 0.717) is 22.6 Å². The number of benzene rings is 4. The van der Waals surface area contributed by atoms with Crippen LogP contribution in [-0.2, 0) is 14.4 Å². The Balaban J connectivity index is 1.33. The Bertz CT molecular complexity index is 1840. The molecule has 1 unspecified atom stereocenters. The smallest absolute Gasteiger partial charge is 0.272 e. The highest BCUT2D eigenvalue weighted by Gasteiger charge is 2.23. The van der Waals surface area contributed by atoms with Crippen LogP contribution >= 0.6 is 23.1 Å². The predicted molar refractivity (Wildman–Crippen MR) is 186 cm³/mol. The average Bonchev–Trinajstić information content (AvgIpc) is 3.58. The molecule has 230 valence electrons. The first kappa shape index (κ1) is 32.0. The highest BCUT2D eigenvalue weighted by atomic mass is 32.2. The van der Waals surface area contributed by atoms with Gasteiger partial charge in [-0.2, -0.15) is 11.3 Å². The second-order valence-electron chi connectivity index (χ2n) is 10.1. The van der Waals surface area contributed by atoms with E-state index >= 15 is 0 Å². The quantitative estimate of drug-likeness (QED) is 0.0872. The molecule has 0 aliphatic carbocycles. The molecular formula is C36H30N4O4S2. The average molecular weight is 647 g/mol. The van der Waals surface area contributed by atoms with Gasteiger partial charge < -0.3 is 21.3 Å². The number of carbonyl (C=O) groups is 4. The first-order valence-electron chi connectivity index (χ1n) is 14.3. The van der Waals surface area contributed by atoms with Crippen molar-refractivity contribution in [1.29, 1.82) is 0 Å². The molecule has 1 aromatic heterocycles. The minimum Gasteiger partial charge on any atom is -0.326 e. The van der Waals surface area contributed by atoms with Crippen molar-refractivity contribution in [2.24, 2.45) is 0 Å². The lowest BCUT2D eigenvalue weighted by atomic mass is 10.1. The van der Waals surface area contributed by atoms with Crippen LogP contribution in [0.3, 0.4) is 0 Å². The van der Waals surface area contributed by atoms with Gasteiger partial charge in [-0.15, -0.1) is 11.8 Å². The van der Waals surface area contributed by atoms with Gasteiger partial charge in [0.15, 0.2) is 0 Å². The minimum absolute atomic E-state index is 0.0939. The van der Waals surface area contributed by atoms with Crippen LogP contribution in [-0.4, -0.2) is 23.6 Å². The van der Waals surface area contributed by atoms with Crippen molar-refractivity contribution < 1.29 is 19.2 Å². The van der Waals surface area contributed by atoms with Crippen LogP contribution in [0.15, 0.2) is 137 Å². The summed E-state index contributed by atoms with van der Waals surface area (Å²) in [5, 5.41) is 14.5. The molecule has 8 nitrogen and oxygen atoms in total. The Morgan fingerprint density at radius 3 is 2.04 bits per heavy atom. The molecule has 0 spiro atoms. The second-order valence-corrected chi connectivity index (χ2v) is 12.0. The Hall–Kier alpha value is -5.45. The number of carbonyl (C=O) groups excluding carboxylic acids is 4. The molecule has 1 atom stereocenters. The summed E-state index contributed by atoms with van der Waals surface area (Å²) in [6.07, 6.45) is 1.63. The summed E-state index contributed by atoms with van der Waals surface area (Å²) in [4.78, 5) is 52.1. The van der Waals surface area contributed by atoms with Crippen molar-refractivity contribution in [2.75, 3.05) is 16.0 Å². The third kappa shape index (κ3) is 9.04. The molecule has 0 saturated carbocycles. The van der Waals surface area contributed by atoms with Crippen LogP contribution in [0.25, 0.3) is 6.08 Å². The predicted octanol–water partition coefficient (Wildman–Crippen LogP) is 7.59. The van der Waals surface area contributed by atoms with Crippen molar-refractivity contribution in [3.63, 3.8) is 0 Å². The van der Waals surface area contributed by atoms with Crippen LogP contribution in [0.2, 0.25) is 0 Å². The van der Waals surface area contributed by atoms with Crippen LogP contribution in [0, 0.1) is 0 Å². The Kier molecular flexibility index (Phi) is 10.8. The molecule has 0 aliphatic heterocycles. The second kappa shape index (κ2) is 15.5. The zero-order valence-electron chi connectivity index (χ0n) is 24.7. The van der Waals surface area contributed by atoms with E-state index in [0.717, 1.165) is 16.0 Å². The van der Waals surface area contributed by atoms with E-state index in [9.17, 15) is 19.2 Å². The molecule has 10 heteroatoms. The highest BCUT2D eigenvalue weighted by molar-refractivity contribution is 8.00. The maximum Gasteiger partial charge on any atom is 0.272 e. The summed E-state index contributed by atoms with van der Waals surface area (Å²) in [6.45, 7) is 1.43. The van der Waals surface area contributed by atoms with Crippen molar-refractivity contribution in [3.8, 4) is 0 Å². The van der Waals surface area contributed by atoms with Gasteiger partial charge in [0.2, 0.25) is 11.8 Å². The fourth-order valence-electron chi connectivity index (χ4n) is 4.40. The summed E-state index contributed by atoms with van der Waals surface area (Å²) < 4.78 is 0. The monoisotopic (exact) mass is 646 g/mol. The number of hydrogen-bond acceptors (Lipinski definition) is 6. The number of rotatable bonds is 11. The van der Waals surface area contributed by atoms with Gasteiger partial charge in [0.1, 0.15) is 10.9 Å². The Morgan fingerprint density at radius 2 is 1.39 bits per heavy atom. The third-order valence-electron chi connectivity index (χ3n) is 6.54. The van der Waals surface area contributed by atoms with E-state index in [2.05, 4.69) is 21.3 Å². The van der Waals surface area contributed by atoms with Gasteiger partial charge in [0.05, 0.1) is 0 Å². The first-order valence-corrected chi connectivity index (χ1v) is 16.1. The van der Waals surface area contributed by atoms with Crippen LogP contribution in [0.4, 0.5) is 17.1 Å². The normalized spacial score (nSPS) is 11.6. The number of hydrogen-bond donors (Lipinski definition) is 4. The molecule has 4 N–H and O–H groups in total. The largest absolute Gasteiger partial charge is 0.326 e. The van der Waals surface area contributed by atoms with E-state index < -0.39 is 17.1 Å². The molecule has 0 fully saturated rings. The van der Waals surface area contributed by atoms with Gasteiger partial charge in [-0.25, -0.2) is 0 Å². The first-order chi connectivity index (χ1) is 22.3. The lowest BCUT2D eigenvalue weighted by Gasteiger charge is -2.18. The lowest BCUT2D eigenvalue weighted by Crippen LogP contribution is -2.30. The standard InChI is InChI=1S/C36H30N4O4S2/c1-24(41)37-28-15-17-29(18-16-28)38-36(44)33(26-9-4-2-5-10-26)46-31-14-8-13-30(22-31)39-35(43)32(21-25-19-20-45-23-25)40-34(42)27-11-6-3-7-12-27/h2-23,33H,1H3,(H,37,41)(H,38,44)(H,39,43)(H,40,42)/b32-21-. The summed E-state index contributed by atoms with van der Waals surface area (Å²) >= 11 is 2.82. The molecule has 0 bridgehead atoms. The van der Waals surface area contributed by atoms with Gasteiger partial charge in [0, 0.05) is 34.4 Å². The van der Waals surface area contributed by atoms with Gasteiger partial charge in [-0.3, -0.25) is 19.2 Å². The molecule has 46 heavy (non-hydrogen) atoms. The summed E-state index contributed by atoms with van der Waals surface area (Å²) in [5.41, 5.74) is 3.83. The van der Waals surface area contributed by atoms with Crippen molar-refractivity contribution in [1.82, 2.24) is 5.32 Å². The van der Waals surface area contributed by atoms with Crippen molar-refractivity contribution >= 4 is 69.9 Å². The summed E-state index contributed by atoms with van der Waals surface area (Å²) in [5.74, 6) is -1.30. The zero-order chi connectivity index (χ0) is 32.3. The Morgan fingerprint density at radius 1 is 0.717 bits per heavy atom. The van der Waals surface area contributed by atoms with E-state index in [1.165, 1.54) is 30.0 Å². The maximum absolute atomic E-state index is 13.6. The fraction of sp³-hybridized carbons (Fsp3) is 0.0556. The molecule has 0 saturated heterocycles. The number of amides is 4. The molecule has 1 heterocycles. The SMILES string of the molecule is CC(=O)Nc1ccc(NC(=O)C(Sc2cccc(NC(=O)/C(=C/c3ccsc3)NC(=O)c3ccccc3)c2)c2ccccc2)cc1. The fourth-order valence-corrected chi connectivity index (χ4v) is 6.10. The topological polar surface area (TPSA) is 116 Å². The summed E-state index contributed by atoms with van der Waals surface area (Å²) in [6, 6.07) is 34.0. The minimum atomic E-state index is -0.610. The van der Waals surface area contributed by atoms with Gasteiger partial charge in [0.25, 0.3) is 11.8 Å². The third-order valence-corrected chi connectivity index (χ3v) is 8.49. The Labute approximate surface area is 274 Å².